The molecule has 47 heavy (non-hydrogen) atoms. The molecule has 1 aliphatic rings. The Labute approximate surface area is 286 Å². The van der Waals surface area contributed by atoms with Gasteiger partial charge in [-0.3, -0.25) is 19.3 Å². The van der Waals surface area contributed by atoms with Gasteiger partial charge in [0, 0.05) is 38.2 Å². The van der Waals surface area contributed by atoms with E-state index in [-0.39, 0.29) is 11.8 Å². The van der Waals surface area contributed by atoms with Crippen LogP contribution in [-0.2, 0) is 0 Å². The van der Waals surface area contributed by atoms with Crippen molar-refractivity contribution < 1.29 is 14.4 Å². The third-order valence-electron chi connectivity index (χ3n) is 8.30. The Kier molecular flexibility index (Phi) is 8.98. The Bertz CT molecular complexity index is 2000. The number of nitrogens with zero attached hydrogens (tertiary/aromatic N) is 2. The van der Waals surface area contributed by atoms with Gasteiger partial charge in [0.05, 0.1) is 25.8 Å². The van der Waals surface area contributed by atoms with Crippen LogP contribution in [0.2, 0.25) is 0 Å². The van der Waals surface area contributed by atoms with E-state index in [0.717, 1.165) is 79.0 Å². The minimum Gasteiger partial charge on any atom is -0.311 e. The number of anilines is 3. The molecule has 0 N–H and O–H groups in total. The molecule has 4 heterocycles. The summed E-state index contributed by atoms with van der Waals surface area (Å²) in [7, 11) is 0. The molecule has 234 valence electrons. The standard InChI is InChI=1S/C39H32N2O3S3/c1-2-3-4-11-24-40-38(43)34-35(39(40)44)37(47-36(34)32-21-20-30(25-42)45-32)33-23-22-31(46-33)26-16-18-29(19-17-26)41(27-12-7-5-8-13-27)28-14-9-6-10-15-28/h5-10,12-23,25H,2-4,11,24H2,1H3. The molecule has 0 atom stereocenters. The SMILES string of the molecule is CCCCCCN1C(=O)c2c(-c3ccc(C=O)s3)sc(-c3ccc(-c4ccc(N(c5ccccc5)c5ccccc5)cc4)s3)c2C1=O. The van der Waals surface area contributed by atoms with Crippen molar-refractivity contribution in [2.24, 2.45) is 0 Å². The molecule has 8 heteroatoms. The lowest BCUT2D eigenvalue weighted by Crippen LogP contribution is -2.31. The number of thiophene rings is 3. The molecular weight excluding hydrogens is 641 g/mol. The van der Waals surface area contributed by atoms with E-state index in [0.29, 0.717) is 22.5 Å². The number of fused-ring (bicyclic) bond motifs is 1. The van der Waals surface area contributed by atoms with Crippen molar-refractivity contribution in [1.29, 1.82) is 0 Å². The lowest BCUT2D eigenvalue weighted by Gasteiger charge is -2.25. The van der Waals surface area contributed by atoms with E-state index in [1.807, 2.05) is 42.5 Å². The van der Waals surface area contributed by atoms with Gasteiger partial charge >= 0.3 is 0 Å². The molecule has 0 aliphatic carbocycles. The topological polar surface area (TPSA) is 57.7 Å². The van der Waals surface area contributed by atoms with E-state index in [2.05, 4.69) is 72.5 Å². The first kappa shape index (κ1) is 31.0. The quantitative estimate of drug-likeness (QED) is 0.0737. The fourth-order valence-electron chi connectivity index (χ4n) is 5.98. The monoisotopic (exact) mass is 672 g/mol. The molecule has 0 spiro atoms. The number of rotatable bonds is 12. The zero-order chi connectivity index (χ0) is 32.3. The molecule has 2 amide bonds. The molecule has 6 aromatic rings. The number of carbonyl (C=O) groups excluding carboxylic acids is 3. The highest BCUT2D eigenvalue weighted by Crippen LogP contribution is 2.50. The summed E-state index contributed by atoms with van der Waals surface area (Å²) in [5, 5.41) is 0. The van der Waals surface area contributed by atoms with Crippen LogP contribution in [0.5, 0.6) is 0 Å². The highest BCUT2D eigenvalue weighted by atomic mass is 32.1. The molecule has 0 saturated carbocycles. The van der Waals surface area contributed by atoms with Crippen molar-refractivity contribution in [3.8, 4) is 29.9 Å². The summed E-state index contributed by atoms with van der Waals surface area (Å²) in [5.74, 6) is -0.443. The van der Waals surface area contributed by atoms with Crippen LogP contribution in [-0.4, -0.2) is 29.5 Å². The maximum Gasteiger partial charge on any atom is 0.263 e. The van der Waals surface area contributed by atoms with Gasteiger partial charge < -0.3 is 4.90 Å². The Morgan fingerprint density at radius 2 is 1.15 bits per heavy atom. The summed E-state index contributed by atoms with van der Waals surface area (Å²) in [6, 6.07) is 37.0. The average molecular weight is 673 g/mol. The second-order valence-corrected chi connectivity index (χ2v) is 14.6. The summed E-state index contributed by atoms with van der Waals surface area (Å²) in [6.45, 7) is 2.56. The maximum atomic E-state index is 13.8. The van der Waals surface area contributed by atoms with Crippen molar-refractivity contribution in [2.45, 2.75) is 32.6 Å². The molecule has 0 radical (unpaired) electrons. The predicted molar refractivity (Wildman–Crippen MR) is 196 cm³/mol. The molecule has 5 nitrogen and oxygen atoms in total. The van der Waals surface area contributed by atoms with E-state index in [9.17, 15) is 14.4 Å². The first-order valence-electron chi connectivity index (χ1n) is 15.8. The van der Waals surface area contributed by atoms with E-state index in [1.54, 1.807) is 17.4 Å². The highest BCUT2D eigenvalue weighted by Gasteiger charge is 2.42. The van der Waals surface area contributed by atoms with Crippen LogP contribution >= 0.6 is 34.0 Å². The van der Waals surface area contributed by atoms with Gasteiger partial charge in [0.2, 0.25) is 0 Å². The molecule has 1 aliphatic heterocycles. The second-order valence-electron chi connectivity index (χ2n) is 11.4. The minimum absolute atomic E-state index is 0.215. The molecular formula is C39H32N2O3S3. The first-order valence-corrected chi connectivity index (χ1v) is 18.2. The smallest absolute Gasteiger partial charge is 0.263 e. The summed E-state index contributed by atoms with van der Waals surface area (Å²) >= 11 is 4.45. The fraction of sp³-hybridized carbons (Fsp3) is 0.154. The van der Waals surface area contributed by atoms with Crippen molar-refractivity contribution in [3.63, 3.8) is 0 Å². The van der Waals surface area contributed by atoms with Gasteiger partial charge in [0.15, 0.2) is 6.29 Å². The Morgan fingerprint density at radius 1 is 0.596 bits per heavy atom. The molecule has 3 aromatic carbocycles. The largest absolute Gasteiger partial charge is 0.311 e. The number of benzene rings is 3. The van der Waals surface area contributed by atoms with E-state index >= 15 is 0 Å². The minimum atomic E-state index is -0.228. The zero-order valence-electron chi connectivity index (χ0n) is 25.8. The first-order chi connectivity index (χ1) is 23.1. The van der Waals surface area contributed by atoms with Gasteiger partial charge in [-0.2, -0.15) is 0 Å². The summed E-state index contributed by atoms with van der Waals surface area (Å²) in [6.07, 6.45) is 4.76. The van der Waals surface area contributed by atoms with Crippen molar-refractivity contribution in [2.75, 3.05) is 11.4 Å². The van der Waals surface area contributed by atoms with Crippen LogP contribution in [0.1, 0.15) is 63.0 Å². The lowest BCUT2D eigenvalue weighted by molar-refractivity contribution is 0.0651. The molecule has 0 saturated heterocycles. The number of amides is 2. The van der Waals surface area contributed by atoms with Crippen LogP contribution in [0.4, 0.5) is 17.1 Å². The van der Waals surface area contributed by atoms with E-state index < -0.39 is 0 Å². The van der Waals surface area contributed by atoms with Crippen molar-refractivity contribution in [3.05, 3.63) is 125 Å². The number of carbonyl (C=O) groups is 3. The highest BCUT2D eigenvalue weighted by molar-refractivity contribution is 7.28. The molecule has 3 aromatic heterocycles. The third-order valence-corrected chi connectivity index (χ3v) is 12.0. The van der Waals surface area contributed by atoms with Gasteiger partial charge in [0.25, 0.3) is 11.8 Å². The number of para-hydroxylation sites is 2. The number of unbranched alkanes of at least 4 members (excludes halogenated alkanes) is 3. The maximum absolute atomic E-state index is 13.8. The average Bonchev–Trinajstić information content (AvgIpc) is 3.91. The molecule has 0 unspecified atom stereocenters. The summed E-state index contributed by atoms with van der Waals surface area (Å²) < 4.78 is 0. The van der Waals surface area contributed by atoms with Crippen LogP contribution in [0, 0.1) is 0 Å². The van der Waals surface area contributed by atoms with Gasteiger partial charge in [-0.25, -0.2) is 0 Å². The van der Waals surface area contributed by atoms with Crippen molar-refractivity contribution >= 4 is 69.2 Å². The number of aldehydes is 1. The van der Waals surface area contributed by atoms with E-state index in [4.69, 9.17) is 0 Å². The van der Waals surface area contributed by atoms with E-state index in [1.165, 1.54) is 27.6 Å². The second kappa shape index (κ2) is 13.6. The van der Waals surface area contributed by atoms with Crippen LogP contribution in [0.3, 0.4) is 0 Å². The van der Waals surface area contributed by atoms with Gasteiger partial charge in [-0.05, 0) is 72.6 Å². The van der Waals surface area contributed by atoms with Crippen molar-refractivity contribution in [1.82, 2.24) is 4.90 Å². The van der Waals surface area contributed by atoms with Gasteiger partial charge in [-0.1, -0.05) is 74.7 Å². The van der Waals surface area contributed by atoms with Gasteiger partial charge in [-0.15, -0.1) is 34.0 Å². The Hall–Kier alpha value is -4.63. The van der Waals surface area contributed by atoms with Crippen LogP contribution in [0.25, 0.3) is 29.9 Å². The Balaban J connectivity index is 1.23. The number of hydrogen-bond donors (Lipinski definition) is 0. The molecule has 0 bridgehead atoms. The Morgan fingerprint density at radius 3 is 1.72 bits per heavy atom. The summed E-state index contributed by atoms with van der Waals surface area (Å²) in [4.78, 5) is 47.8. The number of hydrogen-bond acceptors (Lipinski definition) is 7. The predicted octanol–water partition coefficient (Wildman–Crippen LogP) is 11.3. The lowest BCUT2D eigenvalue weighted by atomic mass is 10.1. The molecule has 7 rings (SSSR count). The summed E-state index contributed by atoms with van der Waals surface area (Å²) in [5.41, 5.74) is 5.27. The van der Waals surface area contributed by atoms with Crippen LogP contribution < -0.4 is 4.90 Å². The zero-order valence-corrected chi connectivity index (χ0v) is 28.3. The number of imide groups is 1. The molecule has 0 fully saturated rings. The fourth-order valence-corrected chi connectivity index (χ4v) is 9.33. The normalized spacial score (nSPS) is 12.5. The van der Waals surface area contributed by atoms with Crippen LogP contribution in [0.15, 0.2) is 109 Å². The van der Waals surface area contributed by atoms with Gasteiger partial charge in [0.1, 0.15) is 0 Å². The third kappa shape index (κ3) is 6.00.